The van der Waals surface area contributed by atoms with E-state index in [-0.39, 0.29) is 0 Å². The van der Waals surface area contributed by atoms with E-state index in [1.807, 2.05) is 18.3 Å². The van der Waals surface area contributed by atoms with Gasteiger partial charge in [-0.1, -0.05) is 0 Å². The Morgan fingerprint density at radius 2 is 2.06 bits per heavy atom. The summed E-state index contributed by atoms with van der Waals surface area (Å²) in [6, 6.07) is 4.00. The van der Waals surface area contributed by atoms with Crippen LogP contribution in [0.3, 0.4) is 0 Å². The molecule has 0 spiro atoms. The van der Waals surface area contributed by atoms with Crippen LogP contribution in [-0.2, 0) is 13.5 Å². The van der Waals surface area contributed by atoms with Gasteiger partial charge in [-0.15, -0.1) is 0 Å². The normalized spacial score (nSPS) is 18.6. The third-order valence-electron chi connectivity index (χ3n) is 4.03. The van der Waals surface area contributed by atoms with E-state index in [4.69, 9.17) is 4.98 Å². The number of nitrogens with zero attached hydrogens (tertiary/aromatic N) is 4. The summed E-state index contributed by atoms with van der Waals surface area (Å²) in [4.78, 5) is 11.5. The van der Waals surface area contributed by atoms with Crippen molar-refractivity contribution >= 4 is 11.2 Å². The van der Waals surface area contributed by atoms with Crippen LogP contribution in [0.5, 0.6) is 0 Å². The van der Waals surface area contributed by atoms with Crippen LogP contribution in [0.2, 0.25) is 0 Å². The average Bonchev–Trinajstić information content (AvgIpc) is 2.70. The van der Waals surface area contributed by atoms with Crippen LogP contribution in [-0.4, -0.2) is 39.6 Å². The second-order valence-electron chi connectivity index (χ2n) is 5.38. The van der Waals surface area contributed by atoms with E-state index in [1.54, 1.807) is 0 Å². The summed E-state index contributed by atoms with van der Waals surface area (Å²) in [6.07, 6.45) is 5.49. The largest absolute Gasteiger partial charge is 0.316 e. The van der Waals surface area contributed by atoms with Gasteiger partial charge >= 0.3 is 0 Å². The molecular weight excluding hydrogens is 224 g/mol. The van der Waals surface area contributed by atoms with Gasteiger partial charge in [0.05, 0.1) is 0 Å². The molecule has 3 rings (SSSR count). The van der Waals surface area contributed by atoms with E-state index in [2.05, 4.69) is 28.5 Å². The van der Waals surface area contributed by atoms with Crippen LogP contribution in [0.15, 0.2) is 18.3 Å². The van der Waals surface area contributed by atoms with Crippen molar-refractivity contribution < 1.29 is 0 Å². The summed E-state index contributed by atoms with van der Waals surface area (Å²) in [6.45, 7) is 2.43. The monoisotopic (exact) mass is 244 g/mol. The lowest BCUT2D eigenvalue weighted by atomic mass is 9.93. The number of fused-ring (bicyclic) bond motifs is 1. The molecule has 1 aliphatic heterocycles. The van der Waals surface area contributed by atoms with Crippen LogP contribution in [0.1, 0.15) is 18.7 Å². The molecule has 2 aromatic heterocycles. The molecule has 0 unspecified atom stereocenters. The van der Waals surface area contributed by atoms with E-state index in [9.17, 15) is 0 Å². The highest BCUT2D eigenvalue weighted by Gasteiger charge is 2.19. The Kier molecular flexibility index (Phi) is 3.04. The van der Waals surface area contributed by atoms with Gasteiger partial charge in [0.2, 0.25) is 0 Å². The first kappa shape index (κ1) is 11.7. The first-order chi connectivity index (χ1) is 8.74. The minimum atomic E-state index is 0.775. The number of aryl methyl sites for hydroxylation is 1. The Labute approximate surface area is 108 Å². The quantitative estimate of drug-likeness (QED) is 0.808. The molecule has 0 saturated carbocycles. The fraction of sp³-hybridized carbons (Fsp3) is 0.571. The van der Waals surface area contributed by atoms with Gasteiger partial charge in [0, 0.05) is 19.7 Å². The topological polar surface area (TPSA) is 34.0 Å². The lowest BCUT2D eigenvalue weighted by Crippen LogP contribution is -2.31. The summed E-state index contributed by atoms with van der Waals surface area (Å²) >= 11 is 0. The molecule has 1 saturated heterocycles. The number of hydrogen-bond acceptors (Lipinski definition) is 3. The molecule has 1 fully saturated rings. The molecule has 1 aliphatic rings. The van der Waals surface area contributed by atoms with Crippen molar-refractivity contribution in [1.82, 2.24) is 19.4 Å². The van der Waals surface area contributed by atoms with Crippen LogP contribution < -0.4 is 0 Å². The summed E-state index contributed by atoms with van der Waals surface area (Å²) < 4.78 is 2.15. The number of pyridine rings is 1. The molecule has 4 nitrogen and oxygen atoms in total. The van der Waals surface area contributed by atoms with Crippen molar-refractivity contribution in [1.29, 1.82) is 0 Å². The molecule has 18 heavy (non-hydrogen) atoms. The molecule has 0 amide bonds. The second kappa shape index (κ2) is 4.69. The minimum absolute atomic E-state index is 0.775. The highest BCUT2D eigenvalue weighted by Crippen LogP contribution is 2.22. The molecule has 0 N–H and O–H groups in total. The van der Waals surface area contributed by atoms with Crippen molar-refractivity contribution in [3.8, 4) is 0 Å². The highest BCUT2D eigenvalue weighted by atomic mass is 15.1. The molecular formula is C14H20N4. The van der Waals surface area contributed by atoms with Gasteiger partial charge in [-0.05, 0) is 51.0 Å². The molecule has 4 heteroatoms. The number of imidazole rings is 1. The van der Waals surface area contributed by atoms with Crippen molar-refractivity contribution in [2.75, 3.05) is 20.1 Å². The van der Waals surface area contributed by atoms with Gasteiger partial charge in [0.1, 0.15) is 11.3 Å². The van der Waals surface area contributed by atoms with Gasteiger partial charge in [-0.2, -0.15) is 0 Å². The SMILES string of the molecule is CN1CCC(Cc2nc3cccnc3n2C)CC1. The lowest BCUT2D eigenvalue weighted by molar-refractivity contribution is 0.217. The summed E-state index contributed by atoms with van der Waals surface area (Å²) in [5.41, 5.74) is 2.02. The Bertz CT molecular complexity index is 538. The average molecular weight is 244 g/mol. The third kappa shape index (κ3) is 2.12. The molecule has 2 aromatic rings. The van der Waals surface area contributed by atoms with Gasteiger partial charge in [-0.25, -0.2) is 9.97 Å². The van der Waals surface area contributed by atoms with Crippen molar-refractivity contribution in [2.24, 2.45) is 13.0 Å². The van der Waals surface area contributed by atoms with E-state index in [1.165, 1.54) is 31.8 Å². The van der Waals surface area contributed by atoms with Gasteiger partial charge in [0.15, 0.2) is 5.65 Å². The molecule has 0 aromatic carbocycles. The maximum Gasteiger partial charge on any atom is 0.159 e. The van der Waals surface area contributed by atoms with Gasteiger partial charge < -0.3 is 9.47 Å². The molecule has 0 aliphatic carbocycles. The summed E-state index contributed by atoms with van der Waals surface area (Å²) in [5, 5.41) is 0. The maximum absolute atomic E-state index is 4.71. The fourth-order valence-corrected chi connectivity index (χ4v) is 2.78. The second-order valence-corrected chi connectivity index (χ2v) is 5.38. The minimum Gasteiger partial charge on any atom is -0.316 e. The van der Waals surface area contributed by atoms with Crippen LogP contribution >= 0.6 is 0 Å². The number of aromatic nitrogens is 3. The first-order valence-corrected chi connectivity index (χ1v) is 6.69. The molecule has 0 atom stereocenters. The van der Waals surface area contributed by atoms with Gasteiger partial charge in [-0.3, -0.25) is 0 Å². The van der Waals surface area contributed by atoms with Crippen molar-refractivity contribution in [3.05, 3.63) is 24.2 Å². The zero-order valence-electron chi connectivity index (χ0n) is 11.1. The van der Waals surface area contributed by atoms with Crippen molar-refractivity contribution in [2.45, 2.75) is 19.3 Å². The standard InChI is InChI=1S/C14H20N4/c1-17-8-5-11(6-9-17)10-13-16-12-4-3-7-15-14(12)18(13)2/h3-4,7,11H,5-6,8-10H2,1-2H3. The van der Waals surface area contributed by atoms with Crippen molar-refractivity contribution in [3.63, 3.8) is 0 Å². The zero-order chi connectivity index (χ0) is 12.5. The van der Waals surface area contributed by atoms with E-state index in [0.29, 0.717) is 0 Å². The predicted octanol–water partition coefficient (Wildman–Crippen LogP) is 1.85. The Morgan fingerprint density at radius 1 is 1.28 bits per heavy atom. The third-order valence-corrected chi connectivity index (χ3v) is 4.03. The van der Waals surface area contributed by atoms with Crippen LogP contribution in [0.25, 0.3) is 11.2 Å². The first-order valence-electron chi connectivity index (χ1n) is 6.69. The molecule has 3 heterocycles. The smallest absolute Gasteiger partial charge is 0.159 e. The van der Waals surface area contributed by atoms with E-state index >= 15 is 0 Å². The Morgan fingerprint density at radius 3 is 2.78 bits per heavy atom. The summed E-state index contributed by atoms with van der Waals surface area (Å²) in [7, 11) is 4.28. The molecule has 0 bridgehead atoms. The fourth-order valence-electron chi connectivity index (χ4n) is 2.78. The number of piperidine rings is 1. The Balaban J connectivity index is 1.80. The molecule has 96 valence electrons. The van der Waals surface area contributed by atoms with Gasteiger partial charge in [0.25, 0.3) is 0 Å². The Hall–Kier alpha value is -1.42. The number of rotatable bonds is 2. The number of hydrogen-bond donors (Lipinski definition) is 0. The summed E-state index contributed by atoms with van der Waals surface area (Å²) in [5.74, 6) is 1.95. The zero-order valence-corrected chi connectivity index (χ0v) is 11.1. The lowest BCUT2D eigenvalue weighted by Gasteiger charge is -2.28. The molecule has 0 radical (unpaired) electrons. The maximum atomic E-state index is 4.71. The number of likely N-dealkylation sites (tertiary alicyclic amines) is 1. The van der Waals surface area contributed by atoms with E-state index in [0.717, 1.165) is 23.5 Å². The highest BCUT2D eigenvalue weighted by molar-refractivity contribution is 5.70. The predicted molar refractivity (Wildman–Crippen MR) is 72.4 cm³/mol. The van der Waals surface area contributed by atoms with Crippen LogP contribution in [0.4, 0.5) is 0 Å². The van der Waals surface area contributed by atoms with E-state index < -0.39 is 0 Å². The van der Waals surface area contributed by atoms with Crippen LogP contribution in [0, 0.1) is 5.92 Å².